The van der Waals surface area contributed by atoms with Crippen molar-refractivity contribution in [2.75, 3.05) is 7.05 Å². The summed E-state index contributed by atoms with van der Waals surface area (Å²) in [6, 6.07) is 10.1. The van der Waals surface area contributed by atoms with Crippen molar-refractivity contribution >= 4 is 0 Å². The Kier molecular flexibility index (Phi) is 5.87. The summed E-state index contributed by atoms with van der Waals surface area (Å²) in [5, 5.41) is 3.26. The van der Waals surface area contributed by atoms with E-state index in [4.69, 9.17) is 4.74 Å². The summed E-state index contributed by atoms with van der Waals surface area (Å²) < 4.78 is 5.97. The Morgan fingerprint density at radius 2 is 1.85 bits per heavy atom. The summed E-state index contributed by atoms with van der Waals surface area (Å²) in [5.41, 5.74) is 0. The van der Waals surface area contributed by atoms with Crippen LogP contribution < -0.4 is 10.1 Å². The van der Waals surface area contributed by atoms with Crippen molar-refractivity contribution in [2.24, 2.45) is 0 Å². The highest BCUT2D eigenvalue weighted by Crippen LogP contribution is 2.16. The highest BCUT2D eigenvalue weighted by atomic mass is 16.5. The second-order valence-electron chi connectivity index (χ2n) is 4.59. The van der Waals surface area contributed by atoms with E-state index < -0.39 is 0 Å². The van der Waals surface area contributed by atoms with Gasteiger partial charge in [-0.1, -0.05) is 54.7 Å². The zero-order chi connectivity index (χ0) is 14.0. The zero-order valence-corrected chi connectivity index (χ0v) is 11.8. The summed E-state index contributed by atoms with van der Waals surface area (Å²) in [6.07, 6.45) is 16.6. The topological polar surface area (TPSA) is 21.3 Å². The van der Waals surface area contributed by atoms with Gasteiger partial charge >= 0.3 is 0 Å². The maximum Gasteiger partial charge on any atom is 0.126 e. The van der Waals surface area contributed by atoms with Crippen molar-refractivity contribution in [2.45, 2.75) is 18.9 Å². The molecule has 1 atom stereocenters. The van der Waals surface area contributed by atoms with Gasteiger partial charge in [-0.15, -0.1) is 0 Å². The van der Waals surface area contributed by atoms with Crippen molar-refractivity contribution in [3.05, 3.63) is 78.6 Å². The number of rotatable bonds is 3. The van der Waals surface area contributed by atoms with Crippen LogP contribution >= 0.6 is 0 Å². The number of ether oxygens (including phenoxy) is 1. The molecular weight excluding hydrogens is 246 g/mol. The minimum absolute atomic E-state index is 0.189. The van der Waals surface area contributed by atoms with Gasteiger partial charge in [-0.3, -0.25) is 0 Å². The molecular formula is C18H21NO. The minimum atomic E-state index is 0.189. The van der Waals surface area contributed by atoms with Crippen LogP contribution in [0.1, 0.15) is 12.8 Å². The van der Waals surface area contributed by atoms with Crippen LogP contribution in [-0.2, 0) is 0 Å². The first-order chi connectivity index (χ1) is 9.88. The molecule has 2 rings (SSSR count). The highest BCUT2D eigenvalue weighted by molar-refractivity contribution is 5.25. The number of benzene rings is 1. The van der Waals surface area contributed by atoms with E-state index >= 15 is 0 Å². The highest BCUT2D eigenvalue weighted by Gasteiger charge is 2.04. The van der Waals surface area contributed by atoms with Crippen LogP contribution in [0.25, 0.3) is 0 Å². The first kappa shape index (κ1) is 14.4. The lowest BCUT2D eigenvalue weighted by molar-refractivity contribution is 0.411. The molecule has 1 aromatic carbocycles. The van der Waals surface area contributed by atoms with Gasteiger partial charge in [-0.2, -0.15) is 0 Å². The maximum absolute atomic E-state index is 5.97. The summed E-state index contributed by atoms with van der Waals surface area (Å²) in [5.74, 6) is 1.82. The molecule has 2 nitrogen and oxygen atoms in total. The normalized spacial score (nSPS) is 24.1. The van der Waals surface area contributed by atoms with E-state index in [9.17, 15) is 0 Å². The summed E-state index contributed by atoms with van der Waals surface area (Å²) in [4.78, 5) is 0. The van der Waals surface area contributed by atoms with E-state index in [0.29, 0.717) is 0 Å². The number of hydrogen-bond donors (Lipinski definition) is 1. The molecule has 0 spiro atoms. The molecule has 0 aliphatic heterocycles. The molecule has 104 valence electrons. The molecule has 0 fully saturated rings. The fourth-order valence-electron chi connectivity index (χ4n) is 1.94. The zero-order valence-electron chi connectivity index (χ0n) is 11.8. The Labute approximate surface area is 121 Å². The molecule has 0 amide bonds. The second kappa shape index (κ2) is 8.18. The van der Waals surface area contributed by atoms with Gasteiger partial charge in [-0.25, -0.2) is 0 Å². The summed E-state index contributed by atoms with van der Waals surface area (Å²) in [7, 11) is 1.96. The Morgan fingerprint density at radius 1 is 1.05 bits per heavy atom. The van der Waals surface area contributed by atoms with E-state index in [1.807, 2.05) is 37.4 Å². The molecule has 0 aromatic heterocycles. The van der Waals surface area contributed by atoms with Gasteiger partial charge < -0.3 is 10.1 Å². The van der Waals surface area contributed by atoms with Crippen molar-refractivity contribution < 1.29 is 4.74 Å². The van der Waals surface area contributed by atoms with E-state index in [1.165, 1.54) is 0 Å². The van der Waals surface area contributed by atoms with Gasteiger partial charge in [0.2, 0.25) is 0 Å². The van der Waals surface area contributed by atoms with E-state index in [2.05, 4.69) is 47.8 Å². The lowest BCUT2D eigenvalue weighted by Gasteiger charge is -2.12. The molecule has 0 heterocycles. The van der Waals surface area contributed by atoms with Crippen LogP contribution in [0, 0.1) is 0 Å². The lowest BCUT2D eigenvalue weighted by atomic mass is 10.2. The number of para-hydroxylation sites is 1. The molecule has 0 saturated heterocycles. The number of likely N-dealkylation sites (N-methyl/N-ethyl adjacent to an activating group) is 1. The largest absolute Gasteiger partial charge is 0.462 e. The molecule has 0 saturated carbocycles. The SMILES string of the molecule is CNC1C=C(Oc2ccccc2)C/C=C\C=C/C/C=C\1. The average molecular weight is 267 g/mol. The Balaban J connectivity index is 2.18. The Hall–Kier alpha value is -2.06. The van der Waals surface area contributed by atoms with E-state index in [0.717, 1.165) is 24.4 Å². The van der Waals surface area contributed by atoms with Crippen molar-refractivity contribution in [3.8, 4) is 5.75 Å². The third-order valence-corrected chi connectivity index (χ3v) is 3.01. The van der Waals surface area contributed by atoms with Crippen molar-refractivity contribution in [1.82, 2.24) is 5.32 Å². The maximum atomic E-state index is 5.97. The smallest absolute Gasteiger partial charge is 0.126 e. The van der Waals surface area contributed by atoms with E-state index in [1.54, 1.807) is 0 Å². The van der Waals surface area contributed by atoms with Gasteiger partial charge in [0, 0.05) is 12.5 Å². The van der Waals surface area contributed by atoms with Gasteiger partial charge in [0.05, 0.1) is 0 Å². The van der Waals surface area contributed by atoms with Crippen molar-refractivity contribution in [3.63, 3.8) is 0 Å². The molecule has 1 unspecified atom stereocenters. The van der Waals surface area contributed by atoms with Crippen LogP contribution in [0.3, 0.4) is 0 Å². The number of hydrogen-bond acceptors (Lipinski definition) is 2. The fraction of sp³-hybridized carbons (Fsp3) is 0.222. The third-order valence-electron chi connectivity index (χ3n) is 3.01. The van der Waals surface area contributed by atoms with E-state index in [-0.39, 0.29) is 6.04 Å². The molecule has 0 bridgehead atoms. The summed E-state index contributed by atoms with van der Waals surface area (Å²) >= 11 is 0. The van der Waals surface area contributed by atoms with Crippen molar-refractivity contribution in [1.29, 1.82) is 0 Å². The Morgan fingerprint density at radius 3 is 2.65 bits per heavy atom. The van der Waals surface area contributed by atoms with Crippen LogP contribution in [0.15, 0.2) is 78.6 Å². The van der Waals surface area contributed by atoms with Gasteiger partial charge in [-0.05, 0) is 31.7 Å². The Bertz CT molecular complexity index is 511. The second-order valence-corrected chi connectivity index (χ2v) is 4.59. The number of allylic oxidation sites excluding steroid dienone is 5. The minimum Gasteiger partial charge on any atom is -0.462 e. The van der Waals surface area contributed by atoms with Crippen LogP contribution in [-0.4, -0.2) is 13.1 Å². The van der Waals surface area contributed by atoms with Crippen LogP contribution in [0.5, 0.6) is 5.75 Å². The molecule has 1 aliphatic rings. The monoisotopic (exact) mass is 267 g/mol. The van der Waals surface area contributed by atoms with Gasteiger partial charge in [0.15, 0.2) is 0 Å². The molecule has 1 aliphatic carbocycles. The number of nitrogens with one attached hydrogen (secondary N) is 1. The first-order valence-electron chi connectivity index (χ1n) is 6.97. The summed E-state index contributed by atoms with van der Waals surface area (Å²) in [6.45, 7) is 0. The molecule has 1 N–H and O–H groups in total. The fourth-order valence-corrected chi connectivity index (χ4v) is 1.94. The van der Waals surface area contributed by atoms with Crippen LogP contribution in [0.2, 0.25) is 0 Å². The quantitative estimate of drug-likeness (QED) is 0.836. The standard InChI is InChI=1S/C18H21NO/c1-19-16-11-7-4-2-3-5-8-14-18(15-16)20-17-12-9-6-10-13-17/h2-3,5-13,15-16,19H,4,14H2,1H3/b3-2-,8-5-,11-7-,18-15?. The molecule has 1 aromatic rings. The van der Waals surface area contributed by atoms with Gasteiger partial charge in [0.1, 0.15) is 11.5 Å². The average Bonchev–Trinajstić information content (AvgIpc) is 2.53. The lowest BCUT2D eigenvalue weighted by Crippen LogP contribution is -2.21. The molecule has 0 radical (unpaired) electrons. The molecule has 2 heteroatoms. The molecule has 20 heavy (non-hydrogen) atoms. The first-order valence-corrected chi connectivity index (χ1v) is 6.97. The predicted molar refractivity (Wildman–Crippen MR) is 84.7 cm³/mol. The third kappa shape index (κ3) is 4.90. The van der Waals surface area contributed by atoms with Gasteiger partial charge in [0.25, 0.3) is 0 Å². The predicted octanol–water partition coefficient (Wildman–Crippen LogP) is 4.00. The van der Waals surface area contributed by atoms with Crippen LogP contribution in [0.4, 0.5) is 0 Å².